The molecule has 5 nitrogen and oxygen atoms in total. The van der Waals surface area contributed by atoms with Crippen LogP contribution in [0.3, 0.4) is 0 Å². The number of nitrogens with one attached hydrogen (secondary N) is 2. The number of nitrogens with zero attached hydrogens (tertiary/aromatic N) is 3. The Morgan fingerprint density at radius 1 is 1.07 bits per heavy atom. The predicted octanol–water partition coefficient (Wildman–Crippen LogP) is 3.60. The van der Waals surface area contributed by atoms with Gasteiger partial charge in [-0.15, -0.1) is 24.0 Å². The van der Waals surface area contributed by atoms with E-state index in [2.05, 4.69) is 37.3 Å². The second-order valence-electron chi connectivity index (χ2n) is 6.15. The number of guanidine groups is 1. The summed E-state index contributed by atoms with van der Waals surface area (Å²) in [5, 5.41) is 6.47. The highest BCUT2D eigenvalue weighted by Gasteiger charge is 2.06. The highest BCUT2D eigenvalue weighted by atomic mass is 127. The maximum Gasteiger partial charge on any atom is 0.191 e. The van der Waals surface area contributed by atoms with E-state index >= 15 is 0 Å². The van der Waals surface area contributed by atoms with E-state index in [4.69, 9.17) is 0 Å². The highest BCUT2D eigenvalue weighted by Crippen LogP contribution is 2.07. The van der Waals surface area contributed by atoms with E-state index in [1.165, 1.54) is 11.6 Å². The third-order valence-electron chi connectivity index (χ3n) is 4.28. The van der Waals surface area contributed by atoms with Crippen molar-refractivity contribution < 1.29 is 4.39 Å². The fourth-order valence-corrected chi connectivity index (χ4v) is 2.83. The van der Waals surface area contributed by atoms with Crippen LogP contribution in [-0.4, -0.2) is 29.1 Å². The first kappa shape index (κ1) is 21.9. The predicted molar refractivity (Wildman–Crippen MR) is 121 cm³/mol. The van der Waals surface area contributed by atoms with Crippen molar-refractivity contribution in [1.29, 1.82) is 0 Å². The van der Waals surface area contributed by atoms with Gasteiger partial charge in [-0.25, -0.2) is 9.37 Å². The fraction of sp³-hybridized carbons (Fsp3) is 0.238. The van der Waals surface area contributed by atoms with Crippen molar-refractivity contribution in [1.82, 2.24) is 20.2 Å². The summed E-state index contributed by atoms with van der Waals surface area (Å²) in [6, 6.07) is 17.1. The third kappa shape index (κ3) is 6.33. The maximum atomic E-state index is 13.7. The molecule has 0 amide bonds. The Morgan fingerprint density at radius 3 is 2.57 bits per heavy atom. The van der Waals surface area contributed by atoms with Gasteiger partial charge in [-0.3, -0.25) is 4.99 Å². The van der Waals surface area contributed by atoms with Gasteiger partial charge in [-0.2, -0.15) is 0 Å². The number of benzene rings is 2. The summed E-state index contributed by atoms with van der Waals surface area (Å²) in [7, 11) is 1.72. The van der Waals surface area contributed by atoms with Crippen LogP contribution in [0.4, 0.5) is 4.39 Å². The summed E-state index contributed by atoms with van der Waals surface area (Å²) >= 11 is 0. The lowest BCUT2D eigenvalue weighted by Crippen LogP contribution is -2.38. The topological polar surface area (TPSA) is 54.2 Å². The molecule has 0 aliphatic heterocycles. The minimum atomic E-state index is -0.176. The van der Waals surface area contributed by atoms with Crippen molar-refractivity contribution in [3.63, 3.8) is 0 Å². The molecule has 0 atom stereocenters. The Morgan fingerprint density at radius 2 is 1.82 bits per heavy atom. The molecule has 0 bridgehead atoms. The lowest BCUT2D eigenvalue weighted by atomic mass is 10.1. The first-order valence-electron chi connectivity index (χ1n) is 8.98. The normalized spacial score (nSPS) is 11.0. The van der Waals surface area contributed by atoms with E-state index in [0.717, 1.165) is 12.4 Å². The van der Waals surface area contributed by atoms with E-state index in [1.807, 2.05) is 30.5 Å². The molecule has 2 N–H and O–H groups in total. The number of hydrogen-bond donors (Lipinski definition) is 2. The van der Waals surface area contributed by atoms with E-state index in [0.29, 0.717) is 31.0 Å². The Kier molecular flexibility index (Phi) is 8.93. The average Bonchev–Trinajstić information content (AvgIpc) is 3.13. The zero-order valence-electron chi connectivity index (χ0n) is 15.8. The van der Waals surface area contributed by atoms with Crippen LogP contribution in [0.2, 0.25) is 0 Å². The average molecular weight is 493 g/mol. The van der Waals surface area contributed by atoms with E-state index < -0.39 is 0 Å². The van der Waals surface area contributed by atoms with Crippen molar-refractivity contribution in [3.8, 4) is 0 Å². The molecule has 0 aliphatic rings. The number of halogens is 2. The van der Waals surface area contributed by atoms with Crippen molar-refractivity contribution >= 4 is 29.9 Å². The molecule has 7 heteroatoms. The van der Waals surface area contributed by atoms with Gasteiger partial charge in [-0.1, -0.05) is 48.5 Å². The summed E-state index contributed by atoms with van der Waals surface area (Å²) in [5.74, 6) is 1.42. The second kappa shape index (κ2) is 11.4. The van der Waals surface area contributed by atoms with Crippen LogP contribution in [0.25, 0.3) is 0 Å². The molecular formula is C21H25FIN5. The molecule has 28 heavy (non-hydrogen) atoms. The van der Waals surface area contributed by atoms with E-state index in [1.54, 1.807) is 25.4 Å². The number of rotatable bonds is 7. The molecule has 0 spiro atoms. The van der Waals surface area contributed by atoms with Crippen molar-refractivity contribution in [2.24, 2.45) is 4.99 Å². The Bertz CT molecular complexity index is 879. The molecule has 0 fully saturated rings. The van der Waals surface area contributed by atoms with Crippen LogP contribution in [0.15, 0.2) is 72.0 Å². The molecular weight excluding hydrogens is 468 g/mol. The number of aromatic nitrogens is 2. The van der Waals surface area contributed by atoms with Gasteiger partial charge in [-0.05, 0) is 23.6 Å². The minimum Gasteiger partial charge on any atom is -0.356 e. The number of aliphatic imine (C=N–C) groups is 1. The SMILES string of the molecule is CN=C(NCCc1ccccc1F)NCc1nccn1Cc1ccccc1.I. The molecule has 0 aliphatic carbocycles. The lowest BCUT2D eigenvalue weighted by molar-refractivity contribution is 0.606. The Balaban J connectivity index is 0.00000280. The third-order valence-corrected chi connectivity index (χ3v) is 4.28. The van der Waals surface area contributed by atoms with Crippen molar-refractivity contribution in [2.75, 3.05) is 13.6 Å². The van der Waals surface area contributed by atoms with Gasteiger partial charge in [0.1, 0.15) is 11.6 Å². The van der Waals surface area contributed by atoms with E-state index in [9.17, 15) is 4.39 Å². The van der Waals surface area contributed by atoms with Gasteiger partial charge in [0.25, 0.3) is 0 Å². The van der Waals surface area contributed by atoms with Crippen LogP contribution < -0.4 is 10.6 Å². The van der Waals surface area contributed by atoms with Gasteiger partial charge in [0.05, 0.1) is 6.54 Å². The first-order chi connectivity index (χ1) is 13.3. The Hall–Kier alpha value is -2.42. The molecule has 3 aromatic rings. The molecule has 1 heterocycles. The minimum absolute atomic E-state index is 0. The number of imidazole rings is 1. The van der Waals surface area contributed by atoms with Crippen LogP contribution >= 0.6 is 24.0 Å². The molecule has 1 aromatic heterocycles. The summed E-state index contributed by atoms with van der Waals surface area (Å²) < 4.78 is 15.8. The van der Waals surface area contributed by atoms with Crippen LogP contribution in [0.5, 0.6) is 0 Å². The number of hydrogen-bond acceptors (Lipinski definition) is 2. The zero-order chi connectivity index (χ0) is 18.9. The molecule has 3 rings (SSSR count). The van der Waals surface area contributed by atoms with Gasteiger partial charge < -0.3 is 15.2 Å². The molecule has 0 saturated carbocycles. The van der Waals surface area contributed by atoms with Gasteiger partial charge in [0.15, 0.2) is 5.96 Å². The zero-order valence-corrected chi connectivity index (χ0v) is 18.1. The summed E-state index contributed by atoms with van der Waals surface area (Å²) in [4.78, 5) is 8.64. The van der Waals surface area contributed by atoms with Gasteiger partial charge in [0.2, 0.25) is 0 Å². The van der Waals surface area contributed by atoms with Crippen molar-refractivity contribution in [3.05, 3.63) is 89.8 Å². The molecule has 148 valence electrons. The maximum absolute atomic E-state index is 13.7. The monoisotopic (exact) mass is 493 g/mol. The lowest BCUT2D eigenvalue weighted by Gasteiger charge is -2.13. The van der Waals surface area contributed by atoms with Crippen LogP contribution in [0, 0.1) is 5.82 Å². The second-order valence-corrected chi connectivity index (χ2v) is 6.15. The fourth-order valence-electron chi connectivity index (χ4n) is 2.83. The molecule has 0 saturated heterocycles. The molecule has 2 aromatic carbocycles. The van der Waals surface area contributed by atoms with Gasteiger partial charge >= 0.3 is 0 Å². The highest BCUT2D eigenvalue weighted by molar-refractivity contribution is 14.0. The summed E-state index contributed by atoms with van der Waals surface area (Å²) in [5.41, 5.74) is 1.92. The van der Waals surface area contributed by atoms with Gasteiger partial charge in [0, 0.05) is 32.5 Å². The van der Waals surface area contributed by atoms with E-state index in [-0.39, 0.29) is 29.8 Å². The molecule has 0 unspecified atom stereocenters. The first-order valence-corrected chi connectivity index (χ1v) is 8.98. The Labute approximate surface area is 182 Å². The van der Waals surface area contributed by atoms with Crippen LogP contribution in [-0.2, 0) is 19.5 Å². The standard InChI is InChI=1S/C21H24FN5.HI/c1-23-21(25-12-11-18-9-5-6-10-19(18)22)26-15-20-24-13-14-27(20)16-17-7-3-2-4-8-17;/h2-10,13-14H,11-12,15-16H2,1H3,(H2,23,25,26);1H. The van der Waals surface area contributed by atoms with Crippen LogP contribution in [0.1, 0.15) is 17.0 Å². The smallest absolute Gasteiger partial charge is 0.191 e. The van der Waals surface area contributed by atoms with Crippen molar-refractivity contribution in [2.45, 2.75) is 19.5 Å². The summed E-state index contributed by atoms with van der Waals surface area (Å²) in [6.07, 6.45) is 4.36. The molecule has 0 radical (unpaired) electrons. The largest absolute Gasteiger partial charge is 0.356 e. The summed E-state index contributed by atoms with van der Waals surface area (Å²) in [6.45, 7) is 1.93. The quantitative estimate of drug-likeness (QED) is 0.301.